The van der Waals surface area contributed by atoms with Gasteiger partial charge in [0.1, 0.15) is 0 Å². The highest BCUT2D eigenvalue weighted by Gasteiger charge is 2.19. The highest BCUT2D eigenvalue weighted by atomic mass is 16.3. The van der Waals surface area contributed by atoms with E-state index in [0.29, 0.717) is 13.0 Å². The first-order valence-electron chi connectivity index (χ1n) is 7.73. The maximum atomic E-state index is 12.4. The van der Waals surface area contributed by atoms with Crippen LogP contribution in [0.3, 0.4) is 0 Å². The molecule has 23 heavy (non-hydrogen) atoms. The summed E-state index contributed by atoms with van der Waals surface area (Å²) in [6.45, 7) is 2.21. The number of hydrogen-bond acceptors (Lipinski definition) is 3. The van der Waals surface area contributed by atoms with Crippen molar-refractivity contribution < 1.29 is 9.90 Å². The van der Waals surface area contributed by atoms with Gasteiger partial charge in [-0.05, 0) is 31.0 Å². The van der Waals surface area contributed by atoms with Crippen molar-refractivity contribution in [2.24, 2.45) is 0 Å². The Morgan fingerprint density at radius 3 is 2.52 bits per heavy atom. The number of benzene rings is 1. The second-order valence-electron chi connectivity index (χ2n) is 5.61. The molecule has 2 N–H and O–H groups in total. The summed E-state index contributed by atoms with van der Waals surface area (Å²) in [5.41, 5.74) is 1.76. The van der Waals surface area contributed by atoms with Crippen LogP contribution in [0.4, 0.5) is 4.79 Å². The summed E-state index contributed by atoms with van der Waals surface area (Å²) < 4.78 is 0. The summed E-state index contributed by atoms with van der Waals surface area (Å²) in [5, 5.41) is 12.4. The van der Waals surface area contributed by atoms with E-state index >= 15 is 0 Å². The summed E-state index contributed by atoms with van der Waals surface area (Å²) in [7, 11) is 1.72. The van der Waals surface area contributed by atoms with Crippen LogP contribution in [-0.2, 0) is 0 Å². The van der Waals surface area contributed by atoms with Crippen LogP contribution in [0, 0.1) is 0 Å². The van der Waals surface area contributed by atoms with Gasteiger partial charge in [-0.3, -0.25) is 4.98 Å². The zero-order valence-corrected chi connectivity index (χ0v) is 13.5. The van der Waals surface area contributed by atoms with E-state index in [1.807, 2.05) is 48.5 Å². The molecule has 5 nitrogen and oxygen atoms in total. The molecule has 1 aromatic carbocycles. The van der Waals surface area contributed by atoms with Gasteiger partial charge in [0.05, 0.1) is 17.8 Å². The maximum absolute atomic E-state index is 12.4. The number of nitrogens with zero attached hydrogens (tertiary/aromatic N) is 2. The lowest BCUT2D eigenvalue weighted by Gasteiger charge is -2.24. The van der Waals surface area contributed by atoms with E-state index in [0.717, 1.165) is 11.3 Å². The van der Waals surface area contributed by atoms with E-state index in [9.17, 15) is 9.90 Å². The molecule has 122 valence electrons. The van der Waals surface area contributed by atoms with Crippen LogP contribution < -0.4 is 5.32 Å². The van der Waals surface area contributed by atoms with Crippen molar-refractivity contribution in [2.75, 3.05) is 13.6 Å². The van der Waals surface area contributed by atoms with Crippen LogP contribution in [0.25, 0.3) is 0 Å². The number of nitrogens with one attached hydrogen (secondary N) is 1. The van der Waals surface area contributed by atoms with Gasteiger partial charge in [0.2, 0.25) is 0 Å². The minimum atomic E-state index is -0.425. The van der Waals surface area contributed by atoms with Crippen molar-refractivity contribution in [2.45, 2.75) is 25.5 Å². The second kappa shape index (κ2) is 8.29. The third-order valence-electron chi connectivity index (χ3n) is 3.61. The molecular weight excluding hydrogens is 290 g/mol. The smallest absolute Gasteiger partial charge is 0.317 e. The van der Waals surface area contributed by atoms with E-state index in [2.05, 4.69) is 10.3 Å². The number of urea groups is 1. The molecule has 1 aromatic heterocycles. The van der Waals surface area contributed by atoms with Gasteiger partial charge in [0.15, 0.2) is 0 Å². The number of aromatic nitrogens is 1. The molecule has 2 rings (SSSR count). The lowest BCUT2D eigenvalue weighted by Crippen LogP contribution is -2.41. The third kappa shape index (κ3) is 5.07. The summed E-state index contributed by atoms with van der Waals surface area (Å²) in [5.74, 6) is 0. The largest absolute Gasteiger partial charge is 0.393 e. The summed E-state index contributed by atoms with van der Waals surface area (Å²) in [6.07, 6.45) is 1.84. The Balaban J connectivity index is 2.14. The third-order valence-corrected chi connectivity index (χ3v) is 3.61. The normalized spacial score (nSPS) is 13.2. The SMILES string of the molecule is CC(O)CCN(C)C(=O)NC(c1ccccc1)c1ccccn1. The van der Waals surface area contributed by atoms with Gasteiger partial charge < -0.3 is 15.3 Å². The van der Waals surface area contributed by atoms with E-state index < -0.39 is 6.10 Å². The van der Waals surface area contributed by atoms with Crippen molar-refractivity contribution in [3.63, 3.8) is 0 Å². The van der Waals surface area contributed by atoms with Gasteiger partial charge in [0.25, 0.3) is 0 Å². The molecule has 0 radical (unpaired) electrons. The van der Waals surface area contributed by atoms with Gasteiger partial charge in [-0.1, -0.05) is 36.4 Å². The monoisotopic (exact) mass is 313 g/mol. The number of rotatable bonds is 6. The van der Waals surface area contributed by atoms with Crippen LogP contribution >= 0.6 is 0 Å². The summed E-state index contributed by atoms with van der Waals surface area (Å²) >= 11 is 0. The van der Waals surface area contributed by atoms with Crippen molar-refractivity contribution >= 4 is 6.03 Å². The van der Waals surface area contributed by atoms with Crippen LogP contribution in [0.5, 0.6) is 0 Å². The second-order valence-corrected chi connectivity index (χ2v) is 5.61. The predicted octanol–water partition coefficient (Wildman–Crippen LogP) is 2.58. The molecule has 2 atom stereocenters. The standard InChI is InChI=1S/C18H23N3O2/c1-14(22)11-13-21(2)18(23)20-17(15-8-4-3-5-9-15)16-10-6-7-12-19-16/h3-10,12,14,17,22H,11,13H2,1-2H3,(H,20,23). The molecule has 0 bridgehead atoms. The number of aliphatic hydroxyl groups excluding tert-OH is 1. The number of pyridine rings is 1. The molecule has 0 aliphatic heterocycles. The molecule has 0 fully saturated rings. The summed E-state index contributed by atoms with van der Waals surface area (Å²) in [4.78, 5) is 18.4. The van der Waals surface area contributed by atoms with E-state index in [1.54, 1.807) is 25.1 Å². The van der Waals surface area contributed by atoms with E-state index in [-0.39, 0.29) is 12.1 Å². The van der Waals surface area contributed by atoms with Crippen LogP contribution in [0.2, 0.25) is 0 Å². The molecule has 1 heterocycles. The van der Waals surface area contributed by atoms with Crippen LogP contribution in [-0.4, -0.2) is 40.7 Å². The van der Waals surface area contributed by atoms with Crippen LogP contribution in [0.15, 0.2) is 54.7 Å². The Kier molecular flexibility index (Phi) is 6.11. The first-order valence-corrected chi connectivity index (χ1v) is 7.73. The fraction of sp³-hybridized carbons (Fsp3) is 0.333. The van der Waals surface area contributed by atoms with Gasteiger partial charge in [0, 0.05) is 19.8 Å². The molecule has 0 saturated heterocycles. The first-order chi connectivity index (χ1) is 11.1. The maximum Gasteiger partial charge on any atom is 0.317 e. The lowest BCUT2D eigenvalue weighted by atomic mass is 10.0. The number of amides is 2. The Bertz CT molecular complexity index is 563. The highest BCUT2D eigenvalue weighted by Crippen LogP contribution is 2.20. The quantitative estimate of drug-likeness (QED) is 0.861. The zero-order valence-electron chi connectivity index (χ0n) is 13.5. The highest BCUT2D eigenvalue weighted by molar-refractivity contribution is 5.74. The molecule has 0 aliphatic rings. The van der Waals surface area contributed by atoms with Crippen LogP contribution in [0.1, 0.15) is 30.6 Å². The molecule has 0 saturated carbocycles. The molecule has 2 amide bonds. The molecule has 2 unspecified atom stereocenters. The fourth-order valence-electron chi connectivity index (χ4n) is 2.24. The van der Waals surface area contributed by atoms with Crippen molar-refractivity contribution in [3.8, 4) is 0 Å². The molecule has 2 aromatic rings. The summed E-state index contributed by atoms with van der Waals surface area (Å²) in [6, 6.07) is 14.9. The van der Waals surface area contributed by atoms with E-state index in [1.165, 1.54) is 0 Å². The Hall–Kier alpha value is -2.40. The number of hydrogen-bond donors (Lipinski definition) is 2. The van der Waals surface area contributed by atoms with Crippen molar-refractivity contribution in [1.29, 1.82) is 0 Å². The van der Waals surface area contributed by atoms with Gasteiger partial charge >= 0.3 is 6.03 Å². The molecule has 0 aliphatic carbocycles. The van der Waals surface area contributed by atoms with E-state index in [4.69, 9.17) is 0 Å². The molecule has 5 heteroatoms. The minimum Gasteiger partial charge on any atom is -0.393 e. The first kappa shape index (κ1) is 17.0. The minimum absolute atomic E-state index is 0.190. The Morgan fingerprint density at radius 1 is 1.22 bits per heavy atom. The molecular formula is C18H23N3O2. The fourth-order valence-corrected chi connectivity index (χ4v) is 2.24. The number of carbonyl (C=O) groups is 1. The Morgan fingerprint density at radius 2 is 1.91 bits per heavy atom. The number of carbonyl (C=O) groups excluding carboxylic acids is 1. The van der Waals surface area contributed by atoms with Gasteiger partial charge in [-0.15, -0.1) is 0 Å². The predicted molar refractivity (Wildman–Crippen MR) is 90.0 cm³/mol. The van der Waals surface area contributed by atoms with Gasteiger partial charge in [-0.2, -0.15) is 0 Å². The van der Waals surface area contributed by atoms with Crippen molar-refractivity contribution in [3.05, 3.63) is 66.0 Å². The average molecular weight is 313 g/mol. The molecule has 0 spiro atoms. The van der Waals surface area contributed by atoms with Crippen molar-refractivity contribution in [1.82, 2.24) is 15.2 Å². The lowest BCUT2D eigenvalue weighted by molar-refractivity contribution is 0.162. The number of aliphatic hydroxyl groups is 1. The van der Waals surface area contributed by atoms with Gasteiger partial charge in [-0.25, -0.2) is 4.79 Å². The topological polar surface area (TPSA) is 65.5 Å². The Labute approximate surface area is 137 Å². The zero-order chi connectivity index (χ0) is 16.7. The average Bonchev–Trinajstić information content (AvgIpc) is 2.58.